The smallest absolute Gasteiger partial charge is 0.107 e. The summed E-state index contributed by atoms with van der Waals surface area (Å²) in [6.45, 7) is 6.85. The molecule has 0 aromatic carbocycles. The van der Waals surface area contributed by atoms with E-state index in [9.17, 15) is 0 Å². The van der Waals surface area contributed by atoms with E-state index in [-0.39, 0.29) is 0 Å². The second-order valence-corrected chi connectivity index (χ2v) is 6.00. The lowest BCUT2D eigenvalue weighted by Gasteiger charge is -2.26. The number of nitrogens with zero attached hydrogens (tertiary/aromatic N) is 2. The van der Waals surface area contributed by atoms with Crippen LogP contribution in [0.1, 0.15) is 37.4 Å². The zero-order valence-corrected chi connectivity index (χ0v) is 11.5. The highest BCUT2D eigenvalue weighted by molar-refractivity contribution is 7.09. The van der Waals surface area contributed by atoms with Gasteiger partial charge in [-0.1, -0.05) is 13.8 Å². The summed E-state index contributed by atoms with van der Waals surface area (Å²) >= 11 is 7.50. The molecule has 1 aromatic heterocycles. The Kier molecular flexibility index (Phi) is 4.22. The Hall–Kier alpha value is -0.120. The molecule has 90 valence electrons. The van der Waals surface area contributed by atoms with E-state index in [0.717, 1.165) is 24.2 Å². The minimum absolute atomic E-state index is 0.532. The van der Waals surface area contributed by atoms with Gasteiger partial charge in [0.25, 0.3) is 0 Å². The van der Waals surface area contributed by atoms with E-state index in [0.29, 0.717) is 5.88 Å². The number of rotatable bonds is 4. The zero-order valence-electron chi connectivity index (χ0n) is 9.95. The van der Waals surface area contributed by atoms with Crippen LogP contribution in [0.4, 0.5) is 0 Å². The SMILES string of the molecule is CC(C)C1CCCN1Cc1nc(CCl)cs1. The Labute approximate surface area is 107 Å². The number of aromatic nitrogens is 1. The molecule has 1 aliphatic heterocycles. The van der Waals surface area contributed by atoms with E-state index < -0.39 is 0 Å². The van der Waals surface area contributed by atoms with Gasteiger partial charge in [0.2, 0.25) is 0 Å². The summed E-state index contributed by atoms with van der Waals surface area (Å²) in [4.78, 5) is 7.10. The van der Waals surface area contributed by atoms with Crippen LogP contribution in [0.15, 0.2) is 5.38 Å². The number of hydrogen-bond acceptors (Lipinski definition) is 3. The molecule has 0 bridgehead atoms. The molecular formula is C12H19ClN2S. The Morgan fingerprint density at radius 3 is 3.06 bits per heavy atom. The number of alkyl halides is 1. The van der Waals surface area contributed by atoms with Crippen LogP contribution in [-0.2, 0) is 12.4 Å². The molecular weight excluding hydrogens is 240 g/mol. The summed E-state index contributed by atoms with van der Waals surface area (Å²) in [5.41, 5.74) is 1.02. The van der Waals surface area contributed by atoms with Gasteiger partial charge in [-0.15, -0.1) is 22.9 Å². The third-order valence-corrected chi connectivity index (χ3v) is 4.41. The van der Waals surface area contributed by atoms with Crippen molar-refractivity contribution in [1.82, 2.24) is 9.88 Å². The van der Waals surface area contributed by atoms with Crippen molar-refractivity contribution in [2.24, 2.45) is 5.92 Å². The lowest BCUT2D eigenvalue weighted by atomic mass is 10.0. The first-order valence-corrected chi connectivity index (χ1v) is 7.35. The number of hydrogen-bond donors (Lipinski definition) is 0. The minimum atomic E-state index is 0.532. The van der Waals surface area contributed by atoms with E-state index in [2.05, 4.69) is 29.1 Å². The molecule has 2 rings (SSSR count). The third-order valence-electron chi connectivity index (χ3n) is 3.26. The molecule has 1 atom stereocenters. The van der Waals surface area contributed by atoms with Crippen LogP contribution in [0.25, 0.3) is 0 Å². The molecule has 1 unspecified atom stereocenters. The average molecular weight is 259 g/mol. The van der Waals surface area contributed by atoms with Crippen LogP contribution in [0.3, 0.4) is 0 Å². The predicted molar refractivity (Wildman–Crippen MR) is 69.9 cm³/mol. The highest BCUT2D eigenvalue weighted by Gasteiger charge is 2.27. The molecule has 1 aliphatic rings. The van der Waals surface area contributed by atoms with Crippen LogP contribution in [0, 0.1) is 5.92 Å². The Morgan fingerprint density at radius 2 is 2.44 bits per heavy atom. The van der Waals surface area contributed by atoms with Crippen molar-refractivity contribution in [3.05, 3.63) is 16.1 Å². The van der Waals surface area contributed by atoms with Gasteiger partial charge >= 0.3 is 0 Å². The van der Waals surface area contributed by atoms with Crippen molar-refractivity contribution in [2.75, 3.05) is 6.54 Å². The Bertz CT molecular complexity index is 338. The van der Waals surface area contributed by atoms with Gasteiger partial charge in [-0.25, -0.2) is 4.98 Å². The van der Waals surface area contributed by atoms with E-state index in [1.54, 1.807) is 11.3 Å². The summed E-state index contributed by atoms with van der Waals surface area (Å²) < 4.78 is 0. The normalized spacial score (nSPS) is 22.1. The first-order chi connectivity index (χ1) is 7.70. The van der Waals surface area contributed by atoms with Gasteiger partial charge in [0.1, 0.15) is 5.01 Å². The standard InChI is InChI=1S/C12H19ClN2S/c1-9(2)11-4-3-5-15(11)7-12-14-10(6-13)8-16-12/h8-9,11H,3-7H2,1-2H3. The number of likely N-dealkylation sites (tertiary alicyclic amines) is 1. The molecule has 1 fully saturated rings. The molecule has 0 radical (unpaired) electrons. The predicted octanol–water partition coefficient (Wildman–Crippen LogP) is 3.50. The van der Waals surface area contributed by atoms with Gasteiger partial charge < -0.3 is 0 Å². The van der Waals surface area contributed by atoms with E-state index >= 15 is 0 Å². The molecule has 0 N–H and O–H groups in total. The topological polar surface area (TPSA) is 16.1 Å². The second kappa shape index (κ2) is 5.48. The maximum absolute atomic E-state index is 5.77. The van der Waals surface area contributed by atoms with Crippen LogP contribution in [0.2, 0.25) is 0 Å². The third kappa shape index (κ3) is 2.76. The first kappa shape index (κ1) is 12.3. The van der Waals surface area contributed by atoms with Gasteiger partial charge in [-0.05, 0) is 25.3 Å². The quantitative estimate of drug-likeness (QED) is 0.769. The summed E-state index contributed by atoms with van der Waals surface area (Å²) in [5, 5.41) is 3.28. The lowest BCUT2D eigenvalue weighted by Crippen LogP contribution is -2.32. The second-order valence-electron chi connectivity index (χ2n) is 4.79. The lowest BCUT2D eigenvalue weighted by molar-refractivity contribution is 0.198. The summed E-state index contributed by atoms with van der Waals surface area (Å²) in [5.74, 6) is 1.28. The van der Waals surface area contributed by atoms with Crippen LogP contribution in [0.5, 0.6) is 0 Å². The van der Waals surface area contributed by atoms with Crippen molar-refractivity contribution in [3.8, 4) is 0 Å². The fraction of sp³-hybridized carbons (Fsp3) is 0.750. The number of thiazole rings is 1. The highest BCUT2D eigenvalue weighted by atomic mass is 35.5. The molecule has 0 saturated carbocycles. The average Bonchev–Trinajstić information content (AvgIpc) is 2.87. The molecule has 1 saturated heterocycles. The van der Waals surface area contributed by atoms with Crippen molar-refractivity contribution in [1.29, 1.82) is 0 Å². The van der Waals surface area contributed by atoms with Crippen LogP contribution < -0.4 is 0 Å². The van der Waals surface area contributed by atoms with E-state index in [1.165, 1.54) is 24.4 Å². The number of halogens is 1. The fourth-order valence-electron chi connectivity index (χ4n) is 2.46. The van der Waals surface area contributed by atoms with Gasteiger partial charge in [-0.2, -0.15) is 0 Å². The van der Waals surface area contributed by atoms with Gasteiger partial charge in [0, 0.05) is 11.4 Å². The van der Waals surface area contributed by atoms with Crippen LogP contribution in [-0.4, -0.2) is 22.5 Å². The maximum atomic E-state index is 5.77. The van der Waals surface area contributed by atoms with Gasteiger partial charge in [0.15, 0.2) is 0 Å². The molecule has 16 heavy (non-hydrogen) atoms. The summed E-state index contributed by atoms with van der Waals surface area (Å²) in [6.07, 6.45) is 2.67. The van der Waals surface area contributed by atoms with Crippen molar-refractivity contribution >= 4 is 22.9 Å². The molecule has 4 heteroatoms. The first-order valence-electron chi connectivity index (χ1n) is 5.94. The van der Waals surface area contributed by atoms with Gasteiger partial charge in [0.05, 0.1) is 18.1 Å². The monoisotopic (exact) mass is 258 g/mol. The molecule has 2 nitrogen and oxygen atoms in total. The minimum Gasteiger partial charge on any atom is -0.293 e. The molecule has 0 amide bonds. The van der Waals surface area contributed by atoms with Crippen LogP contribution >= 0.6 is 22.9 Å². The Morgan fingerprint density at radius 1 is 1.62 bits per heavy atom. The Balaban J connectivity index is 1.98. The highest BCUT2D eigenvalue weighted by Crippen LogP contribution is 2.26. The molecule has 1 aromatic rings. The molecule has 0 aliphatic carbocycles. The fourth-order valence-corrected chi connectivity index (χ4v) is 3.51. The van der Waals surface area contributed by atoms with Crippen molar-refractivity contribution in [2.45, 2.75) is 45.2 Å². The van der Waals surface area contributed by atoms with Gasteiger partial charge in [-0.3, -0.25) is 4.90 Å². The largest absolute Gasteiger partial charge is 0.293 e. The van der Waals surface area contributed by atoms with Crippen molar-refractivity contribution in [3.63, 3.8) is 0 Å². The molecule has 2 heterocycles. The van der Waals surface area contributed by atoms with E-state index in [1.807, 2.05) is 0 Å². The maximum Gasteiger partial charge on any atom is 0.107 e. The summed E-state index contributed by atoms with van der Waals surface area (Å²) in [7, 11) is 0. The van der Waals surface area contributed by atoms with E-state index in [4.69, 9.17) is 11.6 Å². The zero-order chi connectivity index (χ0) is 11.5. The van der Waals surface area contributed by atoms with Crippen molar-refractivity contribution < 1.29 is 0 Å². The molecule has 0 spiro atoms. The summed E-state index contributed by atoms with van der Waals surface area (Å²) in [6, 6.07) is 0.739.